The summed E-state index contributed by atoms with van der Waals surface area (Å²) in [6.07, 6.45) is 4.24. The molecule has 0 saturated carbocycles. The summed E-state index contributed by atoms with van der Waals surface area (Å²) in [5, 5.41) is 0.794. The number of hydrogen-bond donors (Lipinski definition) is 1. The number of H-pyrrole nitrogens is 1. The van der Waals surface area contributed by atoms with Gasteiger partial charge in [0.2, 0.25) is 0 Å². The molecule has 0 saturated heterocycles. The summed E-state index contributed by atoms with van der Waals surface area (Å²) in [4.78, 5) is 16.6. The van der Waals surface area contributed by atoms with Crippen LogP contribution in [-0.4, -0.2) is 22.0 Å². The molecule has 1 rings (SSSR count). The Kier molecular flexibility index (Phi) is 2.32. The summed E-state index contributed by atoms with van der Waals surface area (Å²) in [7, 11) is 0. The van der Waals surface area contributed by atoms with Crippen molar-refractivity contribution in [2.45, 2.75) is 5.16 Å². The molecule has 1 aromatic rings. The Morgan fingerprint density at radius 2 is 2.78 bits per heavy atom. The van der Waals surface area contributed by atoms with Gasteiger partial charge in [0.15, 0.2) is 5.16 Å². The van der Waals surface area contributed by atoms with E-state index >= 15 is 0 Å². The van der Waals surface area contributed by atoms with Gasteiger partial charge in [-0.25, -0.2) is 4.98 Å². The van der Waals surface area contributed by atoms with Crippen LogP contribution in [0.3, 0.4) is 0 Å². The quantitative estimate of drug-likeness (QED) is 0.499. The molecule has 0 bridgehead atoms. The summed E-state index contributed by atoms with van der Waals surface area (Å²) in [5.41, 5.74) is 0. The first-order valence-electron chi connectivity index (χ1n) is 2.49. The molecule has 0 aromatic carbocycles. The predicted octanol–water partition coefficient (Wildman–Crippen LogP) is 0.701. The van der Waals surface area contributed by atoms with E-state index in [-0.39, 0.29) is 0 Å². The van der Waals surface area contributed by atoms with Crippen molar-refractivity contribution in [1.82, 2.24) is 9.97 Å². The molecule has 0 aliphatic rings. The van der Waals surface area contributed by atoms with Gasteiger partial charge in [-0.05, 0) is 0 Å². The topological polar surface area (TPSA) is 45.8 Å². The molecular formula is C5H6N2OS. The van der Waals surface area contributed by atoms with Crippen molar-refractivity contribution in [2.75, 3.05) is 5.75 Å². The maximum Gasteiger partial charge on any atom is 0.165 e. The van der Waals surface area contributed by atoms with Crippen LogP contribution in [0.2, 0.25) is 0 Å². The minimum atomic E-state index is 0.466. The standard InChI is InChI=1S/C5H6N2OS/c8-3-4-9-5-6-1-2-7-5/h1-3H,4H2,(H,6,7). The molecule has 1 heterocycles. The van der Waals surface area contributed by atoms with Gasteiger partial charge in [0, 0.05) is 12.4 Å². The van der Waals surface area contributed by atoms with Crippen LogP contribution in [0.5, 0.6) is 0 Å². The lowest BCUT2D eigenvalue weighted by molar-refractivity contribution is -0.105. The van der Waals surface area contributed by atoms with Crippen LogP contribution in [0.1, 0.15) is 0 Å². The summed E-state index contributed by atoms with van der Waals surface area (Å²) in [6, 6.07) is 0. The van der Waals surface area contributed by atoms with Crippen LogP contribution in [0.25, 0.3) is 0 Å². The number of carbonyl (C=O) groups excluding carboxylic acids is 1. The third kappa shape index (κ3) is 1.89. The Bertz CT molecular complexity index is 173. The zero-order valence-corrected chi connectivity index (χ0v) is 5.52. The summed E-state index contributed by atoms with van der Waals surface area (Å²) in [6.45, 7) is 0. The summed E-state index contributed by atoms with van der Waals surface area (Å²) < 4.78 is 0. The highest BCUT2D eigenvalue weighted by atomic mass is 32.2. The van der Waals surface area contributed by atoms with Crippen LogP contribution >= 0.6 is 11.8 Å². The van der Waals surface area contributed by atoms with Gasteiger partial charge in [0.05, 0.1) is 5.75 Å². The second-order valence-electron chi connectivity index (χ2n) is 1.37. The van der Waals surface area contributed by atoms with Gasteiger partial charge >= 0.3 is 0 Å². The fourth-order valence-corrected chi connectivity index (χ4v) is 0.955. The van der Waals surface area contributed by atoms with Crippen LogP contribution in [0.4, 0.5) is 0 Å². The second kappa shape index (κ2) is 3.29. The van der Waals surface area contributed by atoms with E-state index in [2.05, 4.69) is 9.97 Å². The smallest absolute Gasteiger partial charge is 0.165 e. The minimum absolute atomic E-state index is 0.466. The van der Waals surface area contributed by atoms with Gasteiger partial charge in [-0.2, -0.15) is 0 Å². The largest absolute Gasteiger partial charge is 0.340 e. The normalized spacial score (nSPS) is 9.33. The number of rotatable bonds is 3. The van der Waals surface area contributed by atoms with E-state index in [9.17, 15) is 4.79 Å². The molecule has 1 N–H and O–H groups in total. The van der Waals surface area contributed by atoms with E-state index in [0.717, 1.165) is 11.4 Å². The highest BCUT2D eigenvalue weighted by Gasteiger charge is 1.90. The molecule has 0 aliphatic heterocycles. The number of carbonyl (C=O) groups is 1. The van der Waals surface area contributed by atoms with Gasteiger partial charge in [-0.15, -0.1) is 0 Å². The van der Waals surface area contributed by atoms with Gasteiger partial charge in [-0.3, -0.25) is 0 Å². The van der Waals surface area contributed by atoms with Crippen molar-refractivity contribution in [2.24, 2.45) is 0 Å². The summed E-state index contributed by atoms with van der Waals surface area (Å²) in [5.74, 6) is 0.466. The highest BCUT2D eigenvalue weighted by Crippen LogP contribution is 2.08. The fraction of sp³-hybridized carbons (Fsp3) is 0.200. The Morgan fingerprint density at radius 1 is 1.89 bits per heavy atom. The Labute approximate surface area is 56.9 Å². The fourth-order valence-electron chi connectivity index (χ4n) is 0.443. The van der Waals surface area contributed by atoms with E-state index < -0.39 is 0 Å². The number of nitrogens with zero attached hydrogens (tertiary/aromatic N) is 1. The highest BCUT2D eigenvalue weighted by molar-refractivity contribution is 7.99. The van der Waals surface area contributed by atoms with Crippen molar-refractivity contribution in [1.29, 1.82) is 0 Å². The monoisotopic (exact) mass is 142 g/mol. The van der Waals surface area contributed by atoms with Gasteiger partial charge in [0.1, 0.15) is 6.29 Å². The first-order chi connectivity index (χ1) is 4.43. The van der Waals surface area contributed by atoms with Crippen LogP contribution in [-0.2, 0) is 4.79 Å². The zero-order valence-electron chi connectivity index (χ0n) is 4.70. The Balaban J connectivity index is 2.38. The molecule has 1 aromatic heterocycles. The third-order valence-electron chi connectivity index (χ3n) is 0.761. The maximum absolute atomic E-state index is 9.84. The number of aldehydes is 1. The number of hydrogen-bond acceptors (Lipinski definition) is 3. The lowest BCUT2D eigenvalue weighted by Gasteiger charge is -1.85. The lowest BCUT2D eigenvalue weighted by Crippen LogP contribution is -1.79. The molecule has 0 radical (unpaired) electrons. The molecular weight excluding hydrogens is 136 g/mol. The predicted molar refractivity (Wildman–Crippen MR) is 35.4 cm³/mol. The van der Waals surface area contributed by atoms with Crippen molar-refractivity contribution < 1.29 is 4.79 Å². The zero-order chi connectivity index (χ0) is 6.53. The molecule has 0 fully saturated rings. The van der Waals surface area contributed by atoms with E-state index in [1.807, 2.05) is 0 Å². The van der Waals surface area contributed by atoms with Crippen molar-refractivity contribution >= 4 is 18.0 Å². The first-order valence-corrected chi connectivity index (χ1v) is 3.48. The number of nitrogens with one attached hydrogen (secondary N) is 1. The van der Waals surface area contributed by atoms with E-state index in [1.165, 1.54) is 11.8 Å². The molecule has 0 aliphatic carbocycles. The molecule has 48 valence electrons. The SMILES string of the molecule is O=CCSc1ncc[nH]1. The molecule has 0 spiro atoms. The van der Waals surface area contributed by atoms with Crippen LogP contribution in [0, 0.1) is 0 Å². The molecule has 0 amide bonds. The van der Waals surface area contributed by atoms with Crippen molar-refractivity contribution in [3.8, 4) is 0 Å². The second-order valence-corrected chi connectivity index (χ2v) is 2.38. The third-order valence-corrected chi connectivity index (χ3v) is 1.56. The molecule has 0 unspecified atom stereocenters. The molecule has 0 atom stereocenters. The summed E-state index contributed by atoms with van der Waals surface area (Å²) >= 11 is 1.39. The van der Waals surface area contributed by atoms with Crippen LogP contribution in [0.15, 0.2) is 17.6 Å². The average molecular weight is 142 g/mol. The molecule has 4 heteroatoms. The van der Waals surface area contributed by atoms with Crippen molar-refractivity contribution in [3.63, 3.8) is 0 Å². The van der Waals surface area contributed by atoms with Crippen molar-refractivity contribution in [3.05, 3.63) is 12.4 Å². The minimum Gasteiger partial charge on any atom is -0.340 e. The Hall–Kier alpha value is -0.770. The maximum atomic E-state index is 9.84. The van der Waals surface area contributed by atoms with Gasteiger partial charge in [0.25, 0.3) is 0 Å². The lowest BCUT2D eigenvalue weighted by atomic mass is 10.9. The van der Waals surface area contributed by atoms with Gasteiger partial charge in [-0.1, -0.05) is 11.8 Å². The number of imidazole rings is 1. The van der Waals surface area contributed by atoms with E-state index in [4.69, 9.17) is 0 Å². The number of aromatic nitrogens is 2. The number of aromatic amines is 1. The average Bonchev–Trinajstić information content (AvgIpc) is 2.34. The Morgan fingerprint density at radius 3 is 3.33 bits per heavy atom. The van der Waals surface area contributed by atoms with E-state index in [0.29, 0.717) is 5.75 Å². The molecule has 3 nitrogen and oxygen atoms in total. The number of thioether (sulfide) groups is 1. The molecule has 9 heavy (non-hydrogen) atoms. The van der Waals surface area contributed by atoms with E-state index in [1.54, 1.807) is 12.4 Å². The first kappa shape index (κ1) is 6.35. The van der Waals surface area contributed by atoms with Crippen LogP contribution < -0.4 is 0 Å². The van der Waals surface area contributed by atoms with Gasteiger partial charge < -0.3 is 9.78 Å².